The molecule has 0 aliphatic rings. The minimum atomic E-state index is -1.35. The molecule has 25 heavy (non-hydrogen) atoms. The van der Waals surface area contributed by atoms with E-state index in [0.717, 1.165) is 0 Å². The molecule has 8 nitrogen and oxygen atoms in total. The molecule has 0 saturated heterocycles. The van der Waals surface area contributed by atoms with E-state index in [1.165, 1.54) is 36.7 Å². The molecule has 2 aromatic rings. The van der Waals surface area contributed by atoms with Crippen LogP contribution in [0.25, 0.3) is 0 Å². The molecule has 0 unspecified atom stereocenters. The first-order chi connectivity index (χ1) is 11.9. The van der Waals surface area contributed by atoms with Gasteiger partial charge in [0.05, 0.1) is 12.2 Å². The summed E-state index contributed by atoms with van der Waals surface area (Å²) in [4.78, 5) is 42.5. The third kappa shape index (κ3) is 4.84. The summed E-state index contributed by atoms with van der Waals surface area (Å²) < 4.78 is 5.11. The van der Waals surface area contributed by atoms with Crippen LogP contribution in [-0.2, 0) is 4.74 Å². The maximum Gasteiger partial charge on any atom is 0.356 e. The fourth-order valence-electron chi connectivity index (χ4n) is 1.87. The van der Waals surface area contributed by atoms with Crippen LogP contribution in [0, 0.1) is 5.92 Å². The summed E-state index contributed by atoms with van der Waals surface area (Å²) in [7, 11) is 0. The van der Waals surface area contributed by atoms with E-state index in [0.29, 0.717) is 17.9 Å². The molecule has 1 heterocycles. The Morgan fingerprint density at radius 1 is 1.08 bits per heavy atom. The van der Waals surface area contributed by atoms with Gasteiger partial charge >= 0.3 is 11.9 Å². The first kappa shape index (κ1) is 18.1. The van der Waals surface area contributed by atoms with Crippen molar-refractivity contribution in [3.05, 3.63) is 53.6 Å². The molecule has 0 atom stereocenters. The summed E-state index contributed by atoms with van der Waals surface area (Å²) in [6.45, 7) is 4.19. The molecule has 0 spiro atoms. The lowest BCUT2D eigenvalue weighted by atomic mass is 10.2. The van der Waals surface area contributed by atoms with Gasteiger partial charge < -0.3 is 15.2 Å². The van der Waals surface area contributed by atoms with Crippen molar-refractivity contribution in [1.82, 2.24) is 9.97 Å². The Bertz CT molecular complexity index is 787. The number of nitrogens with zero attached hydrogens (tertiary/aromatic N) is 2. The van der Waals surface area contributed by atoms with E-state index in [-0.39, 0.29) is 11.6 Å². The second-order valence-corrected chi connectivity index (χ2v) is 5.58. The Morgan fingerprint density at radius 3 is 2.24 bits per heavy atom. The van der Waals surface area contributed by atoms with Crippen LogP contribution in [0.5, 0.6) is 0 Å². The number of aromatic carboxylic acids is 1. The van der Waals surface area contributed by atoms with E-state index < -0.39 is 23.5 Å². The maximum atomic E-state index is 12.2. The Morgan fingerprint density at radius 2 is 1.68 bits per heavy atom. The number of ether oxygens (including phenoxy) is 1. The summed E-state index contributed by atoms with van der Waals surface area (Å²) >= 11 is 0. The standard InChI is InChI=1S/C17H17N3O5/c1-10(2)9-25-17(24)11-3-5-12(6-4-11)20-15(21)13-14(16(22)23)19-8-7-18-13/h3-8,10H,9H2,1-2H3,(H,20,21)(H,22,23). The molecule has 2 N–H and O–H groups in total. The number of hydrogen-bond donors (Lipinski definition) is 2. The maximum absolute atomic E-state index is 12.2. The van der Waals surface area contributed by atoms with Crippen molar-refractivity contribution in [2.75, 3.05) is 11.9 Å². The predicted octanol–water partition coefficient (Wildman–Crippen LogP) is 2.24. The number of benzene rings is 1. The SMILES string of the molecule is CC(C)COC(=O)c1ccc(NC(=O)c2nccnc2C(=O)O)cc1. The molecule has 0 saturated carbocycles. The van der Waals surface area contributed by atoms with Crippen LogP contribution in [-0.4, -0.2) is 39.5 Å². The molecule has 8 heteroatoms. The Labute approximate surface area is 143 Å². The molecule has 0 aliphatic heterocycles. The van der Waals surface area contributed by atoms with Crippen LogP contribution in [0.3, 0.4) is 0 Å². The van der Waals surface area contributed by atoms with Crippen molar-refractivity contribution < 1.29 is 24.2 Å². The lowest BCUT2D eigenvalue weighted by Gasteiger charge is -2.09. The van der Waals surface area contributed by atoms with Gasteiger partial charge in [-0.1, -0.05) is 13.8 Å². The molecule has 1 aromatic heterocycles. The Balaban J connectivity index is 2.08. The lowest BCUT2D eigenvalue weighted by molar-refractivity contribution is 0.0458. The van der Waals surface area contributed by atoms with Gasteiger partial charge in [-0.2, -0.15) is 0 Å². The third-order valence-electron chi connectivity index (χ3n) is 3.04. The summed E-state index contributed by atoms with van der Waals surface area (Å²) in [5.41, 5.74) is 0.00100. The number of esters is 1. The van der Waals surface area contributed by atoms with Gasteiger partial charge in [0.25, 0.3) is 5.91 Å². The molecule has 2 rings (SSSR count). The smallest absolute Gasteiger partial charge is 0.356 e. The van der Waals surface area contributed by atoms with E-state index in [1.807, 2.05) is 13.8 Å². The second-order valence-electron chi connectivity index (χ2n) is 5.58. The first-order valence-corrected chi connectivity index (χ1v) is 7.51. The Kier molecular flexibility index (Phi) is 5.78. The fraction of sp³-hybridized carbons (Fsp3) is 0.235. The number of amides is 1. The first-order valence-electron chi connectivity index (χ1n) is 7.51. The molecular weight excluding hydrogens is 326 g/mol. The molecule has 0 radical (unpaired) electrons. The van der Waals surface area contributed by atoms with Gasteiger partial charge in [0, 0.05) is 18.1 Å². The highest BCUT2D eigenvalue weighted by Gasteiger charge is 2.19. The number of aromatic nitrogens is 2. The van der Waals surface area contributed by atoms with Crippen LogP contribution >= 0.6 is 0 Å². The number of carboxylic acid groups (broad SMARTS) is 1. The zero-order chi connectivity index (χ0) is 18.4. The topological polar surface area (TPSA) is 118 Å². The van der Waals surface area contributed by atoms with Crippen molar-refractivity contribution in [3.63, 3.8) is 0 Å². The molecule has 1 aromatic carbocycles. The molecule has 0 aliphatic carbocycles. The lowest BCUT2D eigenvalue weighted by Crippen LogP contribution is -2.19. The zero-order valence-corrected chi connectivity index (χ0v) is 13.7. The van der Waals surface area contributed by atoms with Crippen LogP contribution in [0.2, 0.25) is 0 Å². The number of carbonyl (C=O) groups is 3. The number of carboxylic acids is 1. The highest BCUT2D eigenvalue weighted by atomic mass is 16.5. The van der Waals surface area contributed by atoms with E-state index >= 15 is 0 Å². The van der Waals surface area contributed by atoms with Gasteiger partial charge in [-0.25, -0.2) is 19.6 Å². The van der Waals surface area contributed by atoms with Crippen molar-refractivity contribution in [3.8, 4) is 0 Å². The number of hydrogen-bond acceptors (Lipinski definition) is 6. The Hall–Kier alpha value is -3.29. The summed E-state index contributed by atoms with van der Waals surface area (Å²) in [5, 5.41) is 11.5. The average molecular weight is 343 g/mol. The van der Waals surface area contributed by atoms with E-state index in [9.17, 15) is 14.4 Å². The highest BCUT2D eigenvalue weighted by molar-refractivity contribution is 6.08. The van der Waals surface area contributed by atoms with Crippen LogP contribution < -0.4 is 5.32 Å². The van der Waals surface area contributed by atoms with Crippen molar-refractivity contribution in [1.29, 1.82) is 0 Å². The van der Waals surface area contributed by atoms with Gasteiger partial charge in [0.2, 0.25) is 0 Å². The number of rotatable bonds is 6. The van der Waals surface area contributed by atoms with Crippen LogP contribution in [0.1, 0.15) is 45.2 Å². The van der Waals surface area contributed by atoms with E-state index in [2.05, 4.69) is 15.3 Å². The third-order valence-corrected chi connectivity index (χ3v) is 3.04. The minimum Gasteiger partial charge on any atom is -0.476 e. The zero-order valence-electron chi connectivity index (χ0n) is 13.7. The number of nitrogens with one attached hydrogen (secondary N) is 1. The molecule has 130 valence electrons. The largest absolute Gasteiger partial charge is 0.476 e. The number of carbonyl (C=O) groups excluding carboxylic acids is 2. The normalized spacial score (nSPS) is 10.4. The van der Waals surface area contributed by atoms with Crippen molar-refractivity contribution >= 4 is 23.5 Å². The van der Waals surface area contributed by atoms with E-state index in [1.54, 1.807) is 0 Å². The van der Waals surface area contributed by atoms with Crippen molar-refractivity contribution in [2.45, 2.75) is 13.8 Å². The summed E-state index contributed by atoms with van der Waals surface area (Å²) in [6, 6.07) is 6.04. The van der Waals surface area contributed by atoms with Crippen LogP contribution in [0.4, 0.5) is 5.69 Å². The van der Waals surface area contributed by atoms with Crippen LogP contribution in [0.15, 0.2) is 36.7 Å². The molecule has 0 fully saturated rings. The van der Waals surface area contributed by atoms with Gasteiger partial charge in [0.15, 0.2) is 11.4 Å². The summed E-state index contributed by atoms with van der Waals surface area (Å²) in [6.07, 6.45) is 2.42. The minimum absolute atomic E-state index is 0.234. The van der Waals surface area contributed by atoms with Crippen molar-refractivity contribution in [2.24, 2.45) is 5.92 Å². The fourth-order valence-corrected chi connectivity index (χ4v) is 1.87. The number of anilines is 1. The van der Waals surface area contributed by atoms with Gasteiger partial charge in [0.1, 0.15) is 0 Å². The van der Waals surface area contributed by atoms with Gasteiger partial charge in [-0.05, 0) is 30.2 Å². The second kappa shape index (κ2) is 8.00. The van der Waals surface area contributed by atoms with E-state index in [4.69, 9.17) is 9.84 Å². The summed E-state index contributed by atoms with van der Waals surface area (Å²) in [5.74, 6) is -2.27. The molecule has 1 amide bonds. The monoisotopic (exact) mass is 343 g/mol. The average Bonchev–Trinajstić information content (AvgIpc) is 2.60. The molecule has 0 bridgehead atoms. The highest BCUT2D eigenvalue weighted by Crippen LogP contribution is 2.13. The van der Waals surface area contributed by atoms with Gasteiger partial charge in [-0.15, -0.1) is 0 Å². The quantitative estimate of drug-likeness (QED) is 0.772. The molecular formula is C17H17N3O5. The van der Waals surface area contributed by atoms with Gasteiger partial charge in [-0.3, -0.25) is 4.79 Å². The predicted molar refractivity (Wildman–Crippen MR) is 88.5 cm³/mol.